The number of hydrogen-bond donors (Lipinski definition) is 2. The zero-order valence-electron chi connectivity index (χ0n) is 20.0. The van der Waals surface area contributed by atoms with Gasteiger partial charge in [-0.1, -0.05) is 36.4 Å². The lowest BCUT2D eigenvalue weighted by Gasteiger charge is -2.33. The predicted octanol–water partition coefficient (Wildman–Crippen LogP) is 1.41. The first-order valence-corrected chi connectivity index (χ1v) is 12.0. The van der Waals surface area contributed by atoms with E-state index < -0.39 is 53.3 Å². The van der Waals surface area contributed by atoms with Crippen molar-refractivity contribution < 1.29 is 29.3 Å². The highest BCUT2D eigenvalue weighted by Gasteiger charge is 2.62. The molecule has 192 valence electrons. The van der Waals surface area contributed by atoms with Crippen molar-refractivity contribution in [1.82, 2.24) is 9.13 Å². The Hall–Kier alpha value is -3.86. The Morgan fingerprint density at radius 2 is 1.62 bits per heavy atom. The molecule has 37 heavy (non-hydrogen) atoms. The lowest BCUT2D eigenvalue weighted by molar-refractivity contribution is -0.152. The van der Waals surface area contributed by atoms with E-state index in [4.69, 9.17) is 9.47 Å². The highest BCUT2D eigenvalue weighted by atomic mass is 16.6. The van der Waals surface area contributed by atoms with Gasteiger partial charge >= 0.3 is 11.7 Å². The molecule has 5 rings (SSSR count). The highest BCUT2D eigenvalue weighted by molar-refractivity contribution is 5.95. The zero-order valence-corrected chi connectivity index (χ0v) is 20.0. The van der Waals surface area contributed by atoms with Gasteiger partial charge in [0.05, 0.1) is 5.56 Å². The number of carbonyl (C=O) groups is 2. The molecule has 10 nitrogen and oxygen atoms in total. The molecule has 0 bridgehead atoms. The Kier molecular flexibility index (Phi) is 6.40. The minimum Gasteiger partial charge on any atom is -0.456 e. The monoisotopic (exact) mass is 506 g/mol. The maximum atomic E-state index is 13.4. The Morgan fingerprint density at radius 3 is 2.27 bits per heavy atom. The molecular formula is C27H26N2O8. The van der Waals surface area contributed by atoms with Crippen molar-refractivity contribution in [2.45, 2.75) is 56.3 Å². The van der Waals surface area contributed by atoms with Crippen LogP contribution in [0.5, 0.6) is 0 Å². The molecule has 2 heterocycles. The van der Waals surface area contributed by atoms with Crippen LogP contribution in [0.3, 0.4) is 0 Å². The molecule has 0 unspecified atom stereocenters. The van der Waals surface area contributed by atoms with Gasteiger partial charge in [-0.15, -0.1) is 0 Å². The van der Waals surface area contributed by atoms with Gasteiger partial charge in [0.25, 0.3) is 11.5 Å². The third-order valence-electron chi connectivity index (χ3n) is 7.08. The summed E-state index contributed by atoms with van der Waals surface area (Å²) in [5, 5.41) is 22.1. The number of esters is 1. The second kappa shape index (κ2) is 9.55. The number of aromatic nitrogens is 2. The van der Waals surface area contributed by atoms with E-state index in [-0.39, 0.29) is 17.5 Å². The first kappa shape index (κ1) is 24.8. The summed E-state index contributed by atoms with van der Waals surface area (Å²) in [6, 6.07) is 16.2. The van der Waals surface area contributed by atoms with Crippen LogP contribution in [0.4, 0.5) is 0 Å². The van der Waals surface area contributed by atoms with Crippen LogP contribution in [0, 0.1) is 6.92 Å². The van der Waals surface area contributed by atoms with Crippen LogP contribution in [0.15, 0.2) is 76.4 Å². The molecule has 1 aromatic heterocycles. The molecular weight excluding hydrogens is 480 g/mol. The third-order valence-corrected chi connectivity index (χ3v) is 7.08. The molecule has 2 aromatic carbocycles. The van der Waals surface area contributed by atoms with Crippen molar-refractivity contribution in [3.63, 3.8) is 0 Å². The molecule has 10 heteroatoms. The van der Waals surface area contributed by atoms with E-state index >= 15 is 0 Å². The van der Waals surface area contributed by atoms with Crippen LogP contribution in [0.1, 0.15) is 51.8 Å². The van der Waals surface area contributed by atoms with Crippen molar-refractivity contribution in [3.05, 3.63) is 104 Å². The van der Waals surface area contributed by atoms with Gasteiger partial charge in [-0.3, -0.25) is 14.2 Å². The first-order chi connectivity index (χ1) is 17.7. The van der Waals surface area contributed by atoms with Crippen molar-refractivity contribution in [2.75, 3.05) is 0 Å². The van der Waals surface area contributed by atoms with E-state index in [0.29, 0.717) is 23.0 Å². The van der Waals surface area contributed by atoms with Gasteiger partial charge in [0.2, 0.25) is 0 Å². The standard InChI is InChI=1S/C27H26N2O8/c1-16-15-28(26(35)29(22(16)32)23(33)17-9-4-2-5-10-17)24-20(30)21(31)27(37-24)14-8-13-19(27)36-25(34)18-11-6-3-7-12-18/h2-7,9-12,15,19-21,24,30-31H,8,13-14H2,1H3/t19-,20+,21-,24+,27+/m0/s1. The molecule has 2 aliphatic rings. The minimum absolute atomic E-state index is 0.0635. The van der Waals surface area contributed by atoms with Gasteiger partial charge in [-0.25, -0.2) is 9.59 Å². The van der Waals surface area contributed by atoms with Crippen molar-refractivity contribution in [1.29, 1.82) is 0 Å². The van der Waals surface area contributed by atoms with Gasteiger partial charge in [0.15, 0.2) is 6.23 Å². The average molecular weight is 507 g/mol. The van der Waals surface area contributed by atoms with Crippen molar-refractivity contribution in [2.24, 2.45) is 0 Å². The van der Waals surface area contributed by atoms with Crippen LogP contribution in [-0.2, 0) is 9.47 Å². The van der Waals surface area contributed by atoms with Gasteiger partial charge < -0.3 is 19.7 Å². The number of aryl methyl sites for hydroxylation is 1. The van der Waals surface area contributed by atoms with Crippen LogP contribution in [0.2, 0.25) is 0 Å². The number of benzene rings is 2. The van der Waals surface area contributed by atoms with Crippen molar-refractivity contribution >= 4 is 11.9 Å². The molecule has 5 atom stereocenters. The molecule has 1 saturated heterocycles. The Bertz CT molecular complexity index is 1450. The number of rotatable bonds is 4. The SMILES string of the molecule is Cc1cn([C@@H]2O[C@@]3(CCC[C@@H]3OC(=O)c3ccccc3)[C@@H](O)[C@H]2O)c(=O)n(C(=O)c2ccccc2)c1=O. The van der Waals surface area contributed by atoms with Gasteiger partial charge in [-0.05, 0) is 50.5 Å². The van der Waals surface area contributed by atoms with E-state index in [1.807, 2.05) is 0 Å². The second-order valence-corrected chi connectivity index (χ2v) is 9.36. The number of nitrogens with zero attached hydrogens (tertiary/aromatic N) is 2. The number of aliphatic hydroxyl groups excluding tert-OH is 2. The van der Waals surface area contributed by atoms with Crippen LogP contribution in [0.25, 0.3) is 0 Å². The molecule has 3 aromatic rings. The third kappa shape index (κ3) is 4.12. The summed E-state index contributed by atoms with van der Waals surface area (Å²) >= 11 is 0. The maximum absolute atomic E-state index is 13.4. The molecule has 1 spiro atoms. The van der Waals surface area contributed by atoms with Gasteiger partial charge in [0, 0.05) is 17.3 Å². The Labute approximate surface area is 211 Å². The molecule has 1 aliphatic heterocycles. The van der Waals surface area contributed by atoms with Crippen LogP contribution < -0.4 is 11.2 Å². The summed E-state index contributed by atoms with van der Waals surface area (Å²) in [6.45, 7) is 1.43. The maximum Gasteiger partial charge on any atom is 0.340 e. The smallest absolute Gasteiger partial charge is 0.340 e. The van der Waals surface area contributed by atoms with E-state index in [0.717, 1.165) is 4.57 Å². The second-order valence-electron chi connectivity index (χ2n) is 9.36. The zero-order chi connectivity index (χ0) is 26.3. The van der Waals surface area contributed by atoms with Gasteiger partial charge in [0.1, 0.15) is 23.9 Å². The van der Waals surface area contributed by atoms with E-state index in [2.05, 4.69) is 0 Å². The summed E-state index contributed by atoms with van der Waals surface area (Å²) in [6.07, 6.45) is -3.00. The number of ether oxygens (including phenoxy) is 2. The number of carbonyl (C=O) groups excluding carboxylic acids is 2. The molecule has 0 radical (unpaired) electrons. The van der Waals surface area contributed by atoms with Crippen LogP contribution in [-0.4, -0.2) is 55.1 Å². The Morgan fingerprint density at radius 1 is 1.00 bits per heavy atom. The molecule has 1 aliphatic carbocycles. The summed E-state index contributed by atoms with van der Waals surface area (Å²) in [7, 11) is 0. The molecule has 2 fully saturated rings. The van der Waals surface area contributed by atoms with E-state index in [1.54, 1.807) is 48.5 Å². The lowest BCUT2D eigenvalue weighted by Crippen LogP contribution is -2.50. The first-order valence-electron chi connectivity index (χ1n) is 12.0. The number of aliphatic hydroxyl groups is 2. The lowest BCUT2D eigenvalue weighted by atomic mass is 9.91. The summed E-state index contributed by atoms with van der Waals surface area (Å²) in [4.78, 5) is 52.0. The highest BCUT2D eigenvalue weighted by Crippen LogP contribution is 2.48. The van der Waals surface area contributed by atoms with E-state index in [9.17, 15) is 29.4 Å². The van der Waals surface area contributed by atoms with Crippen LogP contribution >= 0.6 is 0 Å². The fourth-order valence-corrected chi connectivity index (χ4v) is 5.17. The summed E-state index contributed by atoms with van der Waals surface area (Å²) in [5.74, 6) is -1.43. The topological polar surface area (TPSA) is 137 Å². The molecule has 2 N–H and O–H groups in total. The fourth-order valence-electron chi connectivity index (χ4n) is 5.17. The minimum atomic E-state index is -1.59. The molecule has 1 saturated carbocycles. The summed E-state index contributed by atoms with van der Waals surface area (Å²) in [5.41, 5.74) is -2.76. The predicted molar refractivity (Wildman–Crippen MR) is 130 cm³/mol. The molecule has 0 amide bonds. The Balaban J connectivity index is 1.50. The van der Waals surface area contributed by atoms with Gasteiger partial charge in [-0.2, -0.15) is 4.57 Å². The largest absolute Gasteiger partial charge is 0.456 e. The quantitative estimate of drug-likeness (QED) is 0.507. The van der Waals surface area contributed by atoms with E-state index in [1.165, 1.54) is 25.3 Å². The van der Waals surface area contributed by atoms with Crippen molar-refractivity contribution in [3.8, 4) is 0 Å². The average Bonchev–Trinajstić information content (AvgIpc) is 3.43. The number of hydrogen-bond acceptors (Lipinski definition) is 8. The summed E-state index contributed by atoms with van der Waals surface area (Å²) < 4.78 is 13.3. The fraction of sp³-hybridized carbons (Fsp3) is 0.333. The normalized spacial score (nSPS) is 26.9.